The third-order valence-corrected chi connectivity index (χ3v) is 5.17. The van der Waals surface area contributed by atoms with E-state index in [1.165, 1.54) is 18.3 Å². The van der Waals surface area contributed by atoms with Crippen LogP contribution in [0.5, 0.6) is 0 Å². The second kappa shape index (κ2) is 6.65. The number of rotatable bonds is 4. The van der Waals surface area contributed by atoms with Crippen molar-refractivity contribution >= 4 is 27.1 Å². The molecule has 0 aromatic heterocycles. The second-order valence-corrected chi connectivity index (χ2v) is 6.82. The number of nitrogens with one attached hydrogen (secondary N) is 1. The summed E-state index contributed by atoms with van der Waals surface area (Å²) in [6.07, 6.45) is 1.18. The van der Waals surface area contributed by atoms with Crippen LogP contribution in [0.15, 0.2) is 64.5 Å². The maximum absolute atomic E-state index is 12.4. The molecule has 0 aliphatic rings. The van der Waals surface area contributed by atoms with E-state index in [2.05, 4.69) is 5.32 Å². The first-order valence-corrected chi connectivity index (χ1v) is 8.25. The molecular formula is C16H13ClN2O2S. The fourth-order valence-electron chi connectivity index (χ4n) is 1.80. The topological polar surface area (TPSA) is 70.0 Å². The number of anilines is 1. The van der Waals surface area contributed by atoms with E-state index in [4.69, 9.17) is 16.9 Å². The summed E-state index contributed by atoms with van der Waals surface area (Å²) in [5.74, 6) is 0. The van der Waals surface area contributed by atoms with E-state index in [0.717, 1.165) is 5.56 Å². The van der Waals surface area contributed by atoms with Gasteiger partial charge in [-0.15, -0.1) is 0 Å². The van der Waals surface area contributed by atoms with Crippen LogP contribution < -0.4 is 5.32 Å². The summed E-state index contributed by atoms with van der Waals surface area (Å²) in [7, 11) is -3.84. The molecule has 0 bridgehead atoms. The van der Waals surface area contributed by atoms with Crippen LogP contribution in [0.4, 0.5) is 5.69 Å². The maximum Gasteiger partial charge on any atom is 0.218 e. The first-order chi connectivity index (χ1) is 10.5. The molecule has 0 amide bonds. The van der Waals surface area contributed by atoms with E-state index in [0.29, 0.717) is 10.7 Å². The molecule has 112 valence electrons. The van der Waals surface area contributed by atoms with E-state index in [1.54, 1.807) is 49.4 Å². The Bertz CT molecular complexity index is 853. The minimum Gasteiger partial charge on any atom is -0.360 e. The average molecular weight is 333 g/mol. The van der Waals surface area contributed by atoms with Gasteiger partial charge in [-0.25, -0.2) is 8.42 Å². The Morgan fingerprint density at radius 3 is 2.50 bits per heavy atom. The molecule has 0 spiro atoms. The summed E-state index contributed by atoms with van der Waals surface area (Å²) in [4.78, 5) is -0.287. The highest BCUT2D eigenvalue weighted by atomic mass is 35.5. The van der Waals surface area contributed by atoms with Crippen LogP contribution in [0.2, 0.25) is 5.02 Å². The van der Waals surface area contributed by atoms with Crippen molar-refractivity contribution in [3.05, 3.63) is 70.2 Å². The van der Waals surface area contributed by atoms with Crippen molar-refractivity contribution in [2.45, 2.75) is 11.8 Å². The van der Waals surface area contributed by atoms with Crippen molar-refractivity contribution in [1.82, 2.24) is 0 Å². The van der Waals surface area contributed by atoms with Crippen molar-refractivity contribution < 1.29 is 8.42 Å². The summed E-state index contributed by atoms with van der Waals surface area (Å²) in [5.41, 5.74) is 1.42. The molecule has 0 aliphatic heterocycles. The number of halogens is 1. The fraction of sp³-hybridized carbons (Fsp3) is 0.0625. The molecule has 1 N–H and O–H groups in total. The summed E-state index contributed by atoms with van der Waals surface area (Å²) >= 11 is 6.00. The summed E-state index contributed by atoms with van der Waals surface area (Å²) in [5, 5.41) is 12.6. The van der Waals surface area contributed by atoms with Crippen LogP contribution in [0.25, 0.3) is 0 Å². The van der Waals surface area contributed by atoms with Crippen LogP contribution in [-0.2, 0) is 9.84 Å². The molecule has 0 fully saturated rings. The van der Waals surface area contributed by atoms with Gasteiger partial charge in [-0.05, 0) is 36.8 Å². The van der Waals surface area contributed by atoms with Gasteiger partial charge in [-0.3, -0.25) is 0 Å². The van der Waals surface area contributed by atoms with Gasteiger partial charge in [-0.1, -0.05) is 35.9 Å². The molecule has 2 aromatic carbocycles. The predicted octanol–water partition coefficient (Wildman–Crippen LogP) is 3.90. The number of nitriles is 1. The highest BCUT2D eigenvalue weighted by Crippen LogP contribution is 2.24. The summed E-state index contributed by atoms with van der Waals surface area (Å²) in [6, 6.07) is 14.8. The molecule has 22 heavy (non-hydrogen) atoms. The van der Waals surface area contributed by atoms with E-state index in [-0.39, 0.29) is 9.80 Å². The average Bonchev–Trinajstić information content (AvgIpc) is 2.52. The SMILES string of the molecule is Cc1c(Cl)cccc1N/C=C(\C#N)S(=O)(=O)c1ccccc1. The van der Waals surface area contributed by atoms with Gasteiger partial charge in [0.2, 0.25) is 9.84 Å². The normalized spacial score (nSPS) is 11.8. The number of benzene rings is 2. The van der Waals surface area contributed by atoms with Crippen molar-refractivity contribution in [2.24, 2.45) is 0 Å². The molecule has 4 nitrogen and oxygen atoms in total. The van der Waals surface area contributed by atoms with E-state index in [9.17, 15) is 8.42 Å². The first-order valence-electron chi connectivity index (χ1n) is 6.39. The summed E-state index contributed by atoms with van der Waals surface area (Å²) < 4.78 is 24.8. The lowest BCUT2D eigenvalue weighted by Crippen LogP contribution is -2.05. The number of sulfone groups is 1. The third kappa shape index (κ3) is 3.30. The molecule has 0 atom stereocenters. The Kier molecular flexibility index (Phi) is 4.86. The quantitative estimate of drug-likeness (QED) is 0.862. The van der Waals surface area contributed by atoms with Crippen molar-refractivity contribution in [2.75, 3.05) is 5.32 Å². The van der Waals surface area contributed by atoms with Gasteiger partial charge < -0.3 is 5.32 Å². The van der Waals surface area contributed by atoms with Crippen molar-refractivity contribution in [3.63, 3.8) is 0 Å². The van der Waals surface area contributed by atoms with Gasteiger partial charge in [0.15, 0.2) is 4.91 Å². The van der Waals surface area contributed by atoms with Gasteiger partial charge in [0.05, 0.1) is 4.90 Å². The first kappa shape index (κ1) is 16.1. The van der Waals surface area contributed by atoms with Crippen LogP contribution in [0, 0.1) is 18.3 Å². The monoisotopic (exact) mass is 332 g/mol. The minimum atomic E-state index is -3.84. The zero-order valence-corrected chi connectivity index (χ0v) is 13.3. The van der Waals surface area contributed by atoms with Gasteiger partial charge in [0, 0.05) is 16.9 Å². The van der Waals surface area contributed by atoms with Crippen LogP contribution in [-0.4, -0.2) is 8.42 Å². The number of nitrogens with zero attached hydrogens (tertiary/aromatic N) is 1. The molecule has 2 aromatic rings. The van der Waals surface area contributed by atoms with Gasteiger partial charge in [0.1, 0.15) is 6.07 Å². The molecule has 0 radical (unpaired) electrons. The zero-order chi connectivity index (χ0) is 16.2. The predicted molar refractivity (Wildman–Crippen MR) is 87.1 cm³/mol. The number of hydrogen-bond donors (Lipinski definition) is 1. The maximum atomic E-state index is 12.4. The summed E-state index contributed by atoms with van der Waals surface area (Å²) in [6.45, 7) is 1.80. The van der Waals surface area contributed by atoms with Crippen LogP contribution in [0.3, 0.4) is 0 Å². The van der Waals surface area contributed by atoms with E-state index < -0.39 is 9.84 Å². The molecule has 0 aliphatic carbocycles. The Morgan fingerprint density at radius 1 is 1.18 bits per heavy atom. The highest BCUT2D eigenvalue weighted by Gasteiger charge is 2.20. The number of hydrogen-bond acceptors (Lipinski definition) is 4. The lowest BCUT2D eigenvalue weighted by molar-refractivity contribution is 0.603. The third-order valence-electron chi connectivity index (χ3n) is 3.08. The lowest BCUT2D eigenvalue weighted by atomic mass is 10.2. The lowest BCUT2D eigenvalue weighted by Gasteiger charge is -2.08. The highest BCUT2D eigenvalue weighted by molar-refractivity contribution is 7.95. The van der Waals surface area contributed by atoms with Gasteiger partial charge >= 0.3 is 0 Å². The smallest absolute Gasteiger partial charge is 0.218 e. The minimum absolute atomic E-state index is 0.0763. The zero-order valence-electron chi connectivity index (χ0n) is 11.7. The van der Waals surface area contributed by atoms with Crippen LogP contribution >= 0.6 is 11.6 Å². The molecule has 2 rings (SSSR count). The fourth-order valence-corrected chi connectivity index (χ4v) is 3.08. The molecular weight excluding hydrogens is 320 g/mol. The van der Waals surface area contributed by atoms with Gasteiger partial charge in [-0.2, -0.15) is 5.26 Å². The van der Waals surface area contributed by atoms with Gasteiger partial charge in [0.25, 0.3) is 0 Å². The Morgan fingerprint density at radius 2 is 1.86 bits per heavy atom. The molecule has 0 saturated carbocycles. The largest absolute Gasteiger partial charge is 0.360 e. The molecule has 6 heteroatoms. The Hall–Kier alpha value is -2.29. The second-order valence-electron chi connectivity index (χ2n) is 4.49. The Labute approximate surface area is 134 Å². The van der Waals surface area contributed by atoms with Crippen molar-refractivity contribution in [1.29, 1.82) is 5.26 Å². The van der Waals surface area contributed by atoms with Crippen LogP contribution in [0.1, 0.15) is 5.56 Å². The van der Waals surface area contributed by atoms with E-state index in [1.807, 2.05) is 0 Å². The number of allylic oxidation sites excluding steroid dienone is 1. The molecule has 0 unspecified atom stereocenters. The standard InChI is InChI=1S/C16H13ClN2O2S/c1-12-15(17)8-5-9-16(12)19-11-14(10-18)22(20,21)13-6-3-2-4-7-13/h2-9,11,19H,1H3/b14-11+. The van der Waals surface area contributed by atoms with E-state index >= 15 is 0 Å². The Balaban J connectivity index is 2.37. The molecule has 0 saturated heterocycles. The molecule has 0 heterocycles. The van der Waals surface area contributed by atoms with Crippen molar-refractivity contribution in [3.8, 4) is 6.07 Å².